The van der Waals surface area contributed by atoms with Gasteiger partial charge >= 0.3 is 5.97 Å². The highest BCUT2D eigenvalue weighted by molar-refractivity contribution is 7.98. The molecule has 2 saturated heterocycles. The number of nitrogens with zero attached hydrogens (tertiary/aromatic N) is 3. The molecule has 0 bridgehead atoms. The van der Waals surface area contributed by atoms with Crippen molar-refractivity contribution in [3.05, 3.63) is 0 Å². The Morgan fingerprint density at radius 3 is 1.71 bits per heavy atom. The second kappa shape index (κ2) is 25.1. The number of rotatable bonds is 25. The Balaban J connectivity index is 2.23. The van der Waals surface area contributed by atoms with E-state index in [1.54, 1.807) is 0 Å². The number of thioether (sulfide) groups is 1. The fourth-order valence-corrected chi connectivity index (χ4v) is 7.64. The second-order valence-electron chi connectivity index (χ2n) is 16.1. The minimum absolute atomic E-state index is 0.00630. The summed E-state index contributed by atoms with van der Waals surface area (Å²) in [7, 11) is 0. The van der Waals surface area contributed by atoms with Crippen LogP contribution < -0.4 is 44.2 Å². The fraction of sp³-hybridized carbons (Fsp3) is 0.763. The molecule has 21 heteroatoms. The molecule has 2 heterocycles. The van der Waals surface area contributed by atoms with Gasteiger partial charge in [-0.05, 0) is 88.1 Å². The van der Waals surface area contributed by atoms with Gasteiger partial charge in [0.25, 0.3) is 0 Å². The topological polar surface area (TPSA) is 328 Å². The number of amides is 7. The van der Waals surface area contributed by atoms with Crippen molar-refractivity contribution in [2.75, 3.05) is 31.6 Å². The Bertz CT molecular complexity index is 1510. The number of carbonyl (C=O) groups is 8. The summed E-state index contributed by atoms with van der Waals surface area (Å²) in [6.07, 6.45) is 4.42. The number of carboxylic acid groups (broad SMARTS) is 1. The van der Waals surface area contributed by atoms with E-state index in [0.717, 1.165) is 0 Å². The molecule has 2 aliphatic heterocycles. The first-order valence-electron chi connectivity index (χ1n) is 20.4. The average Bonchev–Trinajstić information content (AvgIpc) is 3.86. The molecule has 0 unspecified atom stereocenters. The number of carbonyl (C=O) groups excluding carboxylic acids is 7. The number of guanidine groups is 1. The maximum absolute atomic E-state index is 14.1. The fourth-order valence-electron chi connectivity index (χ4n) is 7.17. The first-order valence-corrected chi connectivity index (χ1v) is 21.8. The SMILES string of the molecule is CSCC[C@H](NC(=O)[C@H](CC(C)C)NC(=O)[C@@H]1CCCN1C(=O)[C@H](CC(C)C)NC(=O)[C@@H](N)CCC(N)=O)C(=O)N1CCC[C@H]1C(=O)N[C@@H](CCCN=C(N)N)C(=O)O. The standard InChI is InChI=1S/C38H67N11O9S/c1-21(2)19-26(46-34(54)29-11-8-17-49(29)36(56)27(20-22(3)4)47-31(51)23(39)12-13-30(40)50)32(52)44-24(14-18-59-5)35(55)48-16-7-10-28(48)33(53)45-25(37(57)58)9-6-15-43-38(41)42/h21-29H,6-20,39H2,1-5H3,(H2,40,50)(H,44,52)(H,45,53)(H,46,54)(H,47,51)(H,57,58)(H4,41,42,43)/t23-,24-,25-,26-,27-,28-,29-/m0/s1. The Kier molecular flexibility index (Phi) is 21.5. The van der Waals surface area contributed by atoms with Gasteiger partial charge in [-0.15, -0.1) is 0 Å². The van der Waals surface area contributed by atoms with E-state index in [1.807, 2.05) is 34.0 Å². The predicted molar refractivity (Wildman–Crippen MR) is 223 cm³/mol. The molecule has 0 spiro atoms. The quantitative estimate of drug-likeness (QED) is 0.0287. The van der Waals surface area contributed by atoms with Crippen LogP contribution in [0.15, 0.2) is 4.99 Å². The highest BCUT2D eigenvalue weighted by atomic mass is 32.2. The Morgan fingerprint density at radius 1 is 0.712 bits per heavy atom. The van der Waals surface area contributed by atoms with Crippen LogP contribution in [0.25, 0.3) is 0 Å². The van der Waals surface area contributed by atoms with Crippen molar-refractivity contribution >= 4 is 65.0 Å². The lowest BCUT2D eigenvalue weighted by Gasteiger charge is -2.32. The lowest BCUT2D eigenvalue weighted by Crippen LogP contribution is -2.59. The van der Waals surface area contributed by atoms with Gasteiger partial charge in [0.05, 0.1) is 6.04 Å². The van der Waals surface area contributed by atoms with Gasteiger partial charge in [-0.2, -0.15) is 11.8 Å². The number of nitrogens with two attached hydrogens (primary N) is 4. The number of aliphatic carboxylic acids is 1. The van der Waals surface area contributed by atoms with Gasteiger partial charge < -0.3 is 59.1 Å². The first-order chi connectivity index (χ1) is 27.8. The zero-order valence-corrected chi connectivity index (χ0v) is 35.9. The van der Waals surface area contributed by atoms with E-state index < -0.39 is 89.6 Å². The van der Waals surface area contributed by atoms with Crippen molar-refractivity contribution in [1.29, 1.82) is 0 Å². The maximum atomic E-state index is 14.1. The van der Waals surface area contributed by atoms with Crippen molar-refractivity contribution < 1.29 is 43.5 Å². The van der Waals surface area contributed by atoms with Crippen molar-refractivity contribution in [3.8, 4) is 0 Å². The summed E-state index contributed by atoms with van der Waals surface area (Å²) in [6.45, 7) is 8.16. The van der Waals surface area contributed by atoms with Gasteiger partial charge in [-0.25, -0.2) is 4.79 Å². The molecule has 59 heavy (non-hydrogen) atoms. The van der Waals surface area contributed by atoms with E-state index in [9.17, 15) is 43.5 Å². The lowest BCUT2D eigenvalue weighted by atomic mass is 10.0. The second-order valence-corrected chi connectivity index (χ2v) is 17.0. The Labute approximate surface area is 350 Å². The molecule has 0 radical (unpaired) electrons. The van der Waals surface area contributed by atoms with Crippen molar-refractivity contribution in [2.45, 2.75) is 141 Å². The van der Waals surface area contributed by atoms with Gasteiger partial charge in [0.15, 0.2) is 5.96 Å². The van der Waals surface area contributed by atoms with Crippen molar-refractivity contribution in [3.63, 3.8) is 0 Å². The molecule has 7 amide bonds. The van der Waals surface area contributed by atoms with Gasteiger partial charge in [-0.1, -0.05) is 27.7 Å². The number of hydrogen-bond donors (Lipinski definition) is 9. The van der Waals surface area contributed by atoms with Crippen LogP contribution >= 0.6 is 11.8 Å². The summed E-state index contributed by atoms with van der Waals surface area (Å²) in [4.78, 5) is 112. The average molecular weight is 854 g/mol. The number of hydrogen-bond acceptors (Lipinski definition) is 11. The molecule has 2 rings (SSSR count). The van der Waals surface area contributed by atoms with Crippen LogP contribution in [-0.4, -0.2) is 142 Å². The number of nitrogens with one attached hydrogen (secondary N) is 4. The van der Waals surface area contributed by atoms with Crippen LogP contribution in [0, 0.1) is 11.8 Å². The summed E-state index contributed by atoms with van der Waals surface area (Å²) in [5, 5.41) is 20.6. The smallest absolute Gasteiger partial charge is 0.326 e. The minimum atomic E-state index is -1.24. The third-order valence-electron chi connectivity index (χ3n) is 10.2. The van der Waals surface area contributed by atoms with Gasteiger partial charge in [0.2, 0.25) is 41.4 Å². The first kappa shape index (κ1) is 50.5. The molecule has 0 aromatic heterocycles. The number of likely N-dealkylation sites (tertiary alicyclic amines) is 2. The van der Waals surface area contributed by atoms with E-state index in [1.165, 1.54) is 21.6 Å². The molecule has 20 nitrogen and oxygen atoms in total. The van der Waals surface area contributed by atoms with Gasteiger partial charge in [-0.3, -0.25) is 38.6 Å². The van der Waals surface area contributed by atoms with E-state index in [0.29, 0.717) is 37.9 Å². The van der Waals surface area contributed by atoms with E-state index in [2.05, 4.69) is 26.3 Å². The third-order valence-corrected chi connectivity index (χ3v) is 10.8. The third kappa shape index (κ3) is 16.9. The highest BCUT2D eigenvalue weighted by Gasteiger charge is 2.42. The Morgan fingerprint density at radius 2 is 1.22 bits per heavy atom. The van der Waals surface area contributed by atoms with Crippen LogP contribution in [0.4, 0.5) is 0 Å². The molecule has 0 aliphatic carbocycles. The summed E-state index contributed by atoms with van der Waals surface area (Å²) in [5.41, 5.74) is 21.8. The highest BCUT2D eigenvalue weighted by Crippen LogP contribution is 2.23. The molecule has 2 aliphatic rings. The van der Waals surface area contributed by atoms with Crippen LogP contribution in [0.1, 0.15) is 98.3 Å². The molecule has 2 fully saturated rings. The molecule has 0 aromatic carbocycles. The molecule has 13 N–H and O–H groups in total. The zero-order valence-electron chi connectivity index (χ0n) is 35.1. The van der Waals surface area contributed by atoms with Crippen LogP contribution in [0.2, 0.25) is 0 Å². The van der Waals surface area contributed by atoms with E-state index >= 15 is 0 Å². The Hall–Kier alpha value is -4.66. The zero-order chi connectivity index (χ0) is 44.4. The molecule has 0 aromatic rings. The summed E-state index contributed by atoms with van der Waals surface area (Å²) in [6, 6.07) is -7.31. The van der Waals surface area contributed by atoms with Gasteiger partial charge in [0.1, 0.15) is 36.3 Å². The predicted octanol–water partition coefficient (Wildman–Crippen LogP) is -1.52. The monoisotopic (exact) mass is 853 g/mol. The van der Waals surface area contributed by atoms with Crippen molar-refractivity contribution in [1.82, 2.24) is 31.1 Å². The van der Waals surface area contributed by atoms with Crippen LogP contribution in [0.3, 0.4) is 0 Å². The molecular formula is C38H67N11O9S. The normalized spacial score (nSPS) is 19.0. The lowest BCUT2D eigenvalue weighted by molar-refractivity contribution is -0.145. The minimum Gasteiger partial charge on any atom is -0.480 e. The van der Waals surface area contributed by atoms with Crippen molar-refractivity contribution in [2.24, 2.45) is 39.8 Å². The summed E-state index contributed by atoms with van der Waals surface area (Å²) in [5.74, 6) is -4.95. The van der Waals surface area contributed by atoms with Crippen LogP contribution in [0.5, 0.6) is 0 Å². The van der Waals surface area contributed by atoms with Crippen LogP contribution in [-0.2, 0) is 38.4 Å². The van der Waals surface area contributed by atoms with E-state index in [4.69, 9.17) is 22.9 Å². The largest absolute Gasteiger partial charge is 0.480 e. The molecule has 7 atom stereocenters. The summed E-state index contributed by atoms with van der Waals surface area (Å²) >= 11 is 1.46. The maximum Gasteiger partial charge on any atom is 0.326 e. The number of primary amides is 1. The molecule has 334 valence electrons. The summed E-state index contributed by atoms with van der Waals surface area (Å²) < 4.78 is 0. The molecular weight excluding hydrogens is 787 g/mol. The number of carboxylic acids is 1. The molecule has 0 saturated carbocycles. The van der Waals surface area contributed by atoms with E-state index in [-0.39, 0.29) is 76.0 Å². The van der Waals surface area contributed by atoms with Gasteiger partial charge in [0, 0.05) is 26.1 Å². The number of aliphatic imine (C=N–C) groups is 1.